The number of hydrogen-bond acceptors (Lipinski definition) is 3. The summed E-state index contributed by atoms with van der Waals surface area (Å²) in [5.74, 6) is -0.121. The van der Waals surface area contributed by atoms with Gasteiger partial charge in [-0.1, -0.05) is 11.6 Å². The fourth-order valence-electron chi connectivity index (χ4n) is 1.38. The van der Waals surface area contributed by atoms with Gasteiger partial charge in [0.2, 0.25) is 5.91 Å². The first-order chi connectivity index (χ1) is 8.01. The quantitative estimate of drug-likeness (QED) is 0.661. The molecule has 96 valence electrons. The maximum absolute atomic E-state index is 11.7. The zero-order valence-corrected chi connectivity index (χ0v) is 11.0. The van der Waals surface area contributed by atoms with Crippen molar-refractivity contribution in [2.75, 3.05) is 7.05 Å². The van der Waals surface area contributed by atoms with Gasteiger partial charge in [-0.15, -0.1) is 0 Å². The maximum Gasteiger partial charge on any atom is 0.217 e. The number of rotatable bonds is 7. The van der Waals surface area contributed by atoms with Crippen LogP contribution in [0, 0.1) is 0 Å². The van der Waals surface area contributed by atoms with Gasteiger partial charge < -0.3 is 10.6 Å². The highest BCUT2D eigenvalue weighted by atomic mass is 16.2. The van der Waals surface area contributed by atoms with Gasteiger partial charge >= 0.3 is 0 Å². The van der Waals surface area contributed by atoms with Crippen molar-refractivity contribution in [3.63, 3.8) is 0 Å². The lowest BCUT2D eigenvalue weighted by molar-refractivity contribution is -0.126. The van der Waals surface area contributed by atoms with Crippen molar-refractivity contribution in [3.05, 3.63) is 23.9 Å². The number of amides is 1. The molecule has 17 heavy (non-hydrogen) atoms. The standard InChI is InChI=1S/C13H22N2O2/c1-5-12(8-9-14-4)6-7-13(17)10(2)15-11(3)16/h5,8-10,14H,6-7H2,1-4H3,(H,15,16)/b9-8-,12-5-/t10-/m0/s1. The van der Waals surface area contributed by atoms with Crippen molar-refractivity contribution in [3.8, 4) is 0 Å². The highest BCUT2D eigenvalue weighted by Crippen LogP contribution is 2.08. The van der Waals surface area contributed by atoms with E-state index in [1.54, 1.807) is 6.92 Å². The minimum Gasteiger partial charge on any atom is -0.394 e. The molecule has 0 aliphatic carbocycles. The summed E-state index contributed by atoms with van der Waals surface area (Å²) in [6, 6.07) is -0.404. The molecule has 0 aromatic rings. The lowest BCUT2D eigenvalue weighted by atomic mass is 10.0. The molecule has 0 aliphatic heterocycles. The molecule has 2 N–H and O–H groups in total. The van der Waals surface area contributed by atoms with E-state index < -0.39 is 6.04 Å². The highest BCUT2D eigenvalue weighted by Gasteiger charge is 2.13. The van der Waals surface area contributed by atoms with Crippen molar-refractivity contribution in [2.24, 2.45) is 0 Å². The van der Waals surface area contributed by atoms with Gasteiger partial charge in [-0.2, -0.15) is 0 Å². The van der Waals surface area contributed by atoms with E-state index >= 15 is 0 Å². The third-order valence-corrected chi connectivity index (χ3v) is 2.40. The van der Waals surface area contributed by atoms with E-state index in [1.807, 2.05) is 32.3 Å². The van der Waals surface area contributed by atoms with Crippen LogP contribution in [0.15, 0.2) is 23.9 Å². The van der Waals surface area contributed by atoms with Crippen LogP contribution in [0.1, 0.15) is 33.6 Å². The average Bonchev–Trinajstić information content (AvgIpc) is 2.28. The maximum atomic E-state index is 11.7. The van der Waals surface area contributed by atoms with Crippen LogP contribution in [0.5, 0.6) is 0 Å². The number of Topliss-reactive ketones (excluding diaryl/α,β-unsaturated/α-hetero) is 1. The fourth-order valence-corrected chi connectivity index (χ4v) is 1.38. The van der Waals surface area contributed by atoms with Gasteiger partial charge in [-0.3, -0.25) is 9.59 Å². The molecule has 0 fully saturated rings. The van der Waals surface area contributed by atoms with Gasteiger partial charge in [-0.25, -0.2) is 0 Å². The molecule has 1 amide bonds. The summed E-state index contributed by atoms with van der Waals surface area (Å²) in [5.41, 5.74) is 1.10. The van der Waals surface area contributed by atoms with Crippen molar-refractivity contribution in [1.29, 1.82) is 0 Å². The van der Waals surface area contributed by atoms with Crippen LogP contribution in [-0.2, 0) is 9.59 Å². The Morgan fingerprint density at radius 1 is 1.29 bits per heavy atom. The number of carbonyl (C=O) groups is 2. The van der Waals surface area contributed by atoms with Crippen LogP contribution in [0.4, 0.5) is 0 Å². The van der Waals surface area contributed by atoms with E-state index in [0.717, 1.165) is 5.57 Å². The van der Waals surface area contributed by atoms with E-state index in [-0.39, 0.29) is 11.7 Å². The zero-order valence-electron chi connectivity index (χ0n) is 11.0. The molecular formula is C13H22N2O2. The molecule has 0 heterocycles. The number of allylic oxidation sites excluding steroid dienone is 3. The van der Waals surface area contributed by atoms with E-state index in [0.29, 0.717) is 12.8 Å². The Bertz CT molecular complexity index is 319. The van der Waals surface area contributed by atoms with E-state index in [2.05, 4.69) is 10.6 Å². The Labute approximate surface area is 103 Å². The van der Waals surface area contributed by atoms with Gasteiger partial charge in [0.25, 0.3) is 0 Å². The monoisotopic (exact) mass is 238 g/mol. The molecule has 4 heteroatoms. The lowest BCUT2D eigenvalue weighted by Gasteiger charge is -2.11. The predicted molar refractivity (Wildman–Crippen MR) is 69.5 cm³/mol. The summed E-state index contributed by atoms with van der Waals surface area (Å²) in [5, 5.41) is 5.49. The van der Waals surface area contributed by atoms with Gasteiger partial charge in [0.15, 0.2) is 5.78 Å². The summed E-state index contributed by atoms with van der Waals surface area (Å²) >= 11 is 0. The first-order valence-electron chi connectivity index (χ1n) is 5.80. The molecule has 0 radical (unpaired) electrons. The Kier molecular flexibility index (Phi) is 7.76. The first-order valence-corrected chi connectivity index (χ1v) is 5.80. The van der Waals surface area contributed by atoms with Gasteiger partial charge in [0, 0.05) is 20.4 Å². The predicted octanol–water partition coefficient (Wildman–Crippen LogP) is 1.54. The van der Waals surface area contributed by atoms with Crippen LogP contribution in [-0.4, -0.2) is 24.8 Å². The Morgan fingerprint density at radius 3 is 2.41 bits per heavy atom. The van der Waals surface area contributed by atoms with Crippen LogP contribution >= 0.6 is 0 Å². The molecule has 0 saturated heterocycles. The topological polar surface area (TPSA) is 58.2 Å². The molecule has 0 bridgehead atoms. The van der Waals surface area contributed by atoms with Crippen molar-refractivity contribution in [1.82, 2.24) is 10.6 Å². The molecule has 0 saturated carbocycles. The van der Waals surface area contributed by atoms with Crippen molar-refractivity contribution >= 4 is 11.7 Å². The summed E-state index contributed by atoms with van der Waals surface area (Å²) in [7, 11) is 1.83. The van der Waals surface area contributed by atoms with E-state index in [4.69, 9.17) is 0 Å². The Balaban J connectivity index is 4.13. The molecular weight excluding hydrogens is 216 g/mol. The molecule has 0 unspecified atom stereocenters. The Hall–Kier alpha value is -1.58. The summed E-state index contributed by atoms with van der Waals surface area (Å²) in [6.07, 6.45) is 6.88. The van der Waals surface area contributed by atoms with Gasteiger partial charge in [0.1, 0.15) is 0 Å². The third-order valence-electron chi connectivity index (χ3n) is 2.40. The second-order valence-corrected chi connectivity index (χ2v) is 3.87. The molecule has 0 aromatic carbocycles. The number of ketones is 1. The largest absolute Gasteiger partial charge is 0.394 e. The number of nitrogens with one attached hydrogen (secondary N) is 2. The molecule has 1 atom stereocenters. The van der Waals surface area contributed by atoms with Crippen molar-refractivity contribution < 1.29 is 9.59 Å². The number of hydrogen-bond donors (Lipinski definition) is 2. The second-order valence-electron chi connectivity index (χ2n) is 3.87. The smallest absolute Gasteiger partial charge is 0.217 e. The minimum absolute atomic E-state index is 0.0532. The normalized spacial score (nSPS) is 13.5. The second kappa shape index (κ2) is 8.56. The van der Waals surface area contributed by atoms with Crippen LogP contribution in [0.2, 0.25) is 0 Å². The van der Waals surface area contributed by atoms with Crippen LogP contribution in [0.3, 0.4) is 0 Å². The molecule has 4 nitrogen and oxygen atoms in total. The van der Waals surface area contributed by atoms with Crippen molar-refractivity contribution in [2.45, 2.75) is 39.7 Å². The van der Waals surface area contributed by atoms with E-state index in [1.165, 1.54) is 6.92 Å². The summed E-state index contributed by atoms with van der Waals surface area (Å²) in [4.78, 5) is 22.5. The van der Waals surface area contributed by atoms with Gasteiger partial charge in [0.05, 0.1) is 6.04 Å². The SMILES string of the molecule is C/C=C(\C=C/NC)CCC(=O)[C@H](C)NC(C)=O. The molecule has 0 aliphatic rings. The first kappa shape index (κ1) is 15.4. The molecule has 0 spiro atoms. The molecule has 0 rings (SSSR count). The number of carbonyl (C=O) groups excluding carboxylic acids is 2. The summed E-state index contributed by atoms with van der Waals surface area (Å²) in [6.45, 7) is 5.07. The zero-order chi connectivity index (χ0) is 13.3. The third kappa shape index (κ3) is 7.33. The Morgan fingerprint density at radius 2 is 1.94 bits per heavy atom. The van der Waals surface area contributed by atoms with Gasteiger partial charge in [-0.05, 0) is 32.5 Å². The highest BCUT2D eigenvalue weighted by molar-refractivity contribution is 5.88. The van der Waals surface area contributed by atoms with Crippen LogP contribution < -0.4 is 10.6 Å². The average molecular weight is 238 g/mol. The fraction of sp³-hybridized carbons (Fsp3) is 0.538. The summed E-state index contributed by atoms with van der Waals surface area (Å²) < 4.78 is 0. The minimum atomic E-state index is -0.404. The lowest BCUT2D eigenvalue weighted by Crippen LogP contribution is -2.36. The van der Waals surface area contributed by atoms with Crippen LogP contribution in [0.25, 0.3) is 0 Å². The molecule has 0 aromatic heterocycles. The van der Waals surface area contributed by atoms with E-state index in [9.17, 15) is 9.59 Å².